The molecule has 1 aromatic rings. The van der Waals surface area contributed by atoms with Gasteiger partial charge in [0, 0.05) is 11.4 Å². The molecule has 124 valence electrons. The number of hydrogen-bond acceptors (Lipinski definition) is 5. The Morgan fingerprint density at radius 1 is 1.33 bits per heavy atom. The van der Waals surface area contributed by atoms with Crippen molar-refractivity contribution in [3.8, 4) is 0 Å². The van der Waals surface area contributed by atoms with Gasteiger partial charge in [0.1, 0.15) is 12.2 Å². The first-order chi connectivity index (χ1) is 11.4. The molecule has 2 bridgehead atoms. The topological polar surface area (TPSA) is 72.9 Å². The Hall–Kier alpha value is -1.99. The van der Waals surface area contributed by atoms with Crippen LogP contribution in [0.25, 0.3) is 0 Å². The number of rotatable bonds is 3. The highest BCUT2D eigenvalue weighted by atomic mass is 79.9. The van der Waals surface area contributed by atoms with Crippen molar-refractivity contribution >= 4 is 39.4 Å². The Kier molecular flexibility index (Phi) is 3.40. The number of nitrogens with zero attached hydrogens (tertiary/aromatic N) is 1. The molecule has 3 aliphatic rings. The van der Waals surface area contributed by atoms with E-state index in [1.807, 2.05) is 6.07 Å². The molecular weight excluding hydrogens is 378 g/mol. The molecule has 2 fully saturated rings. The molecule has 4 rings (SSSR count). The monoisotopic (exact) mass is 391 g/mol. The molecule has 1 aromatic carbocycles. The van der Waals surface area contributed by atoms with E-state index in [-0.39, 0.29) is 18.4 Å². The maximum Gasteiger partial charge on any atom is 0.302 e. The van der Waals surface area contributed by atoms with Crippen LogP contribution in [-0.4, -0.2) is 36.1 Å². The van der Waals surface area contributed by atoms with Gasteiger partial charge < -0.3 is 9.47 Å². The van der Waals surface area contributed by atoms with Gasteiger partial charge in [0.2, 0.25) is 11.8 Å². The van der Waals surface area contributed by atoms with Crippen molar-refractivity contribution in [3.05, 3.63) is 40.9 Å². The average molecular weight is 392 g/mol. The lowest BCUT2D eigenvalue weighted by molar-refractivity contribution is -0.150. The van der Waals surface area contributed by atoms with E-state index in [0.29, 0.717) is 10.2 Å². The Balaban J connectivity index is 1.72. The highest BCUT2D eigenvalue weighted by Crippen LogP contribution is 2.53. The van der Waals surface area contributed by atoms with E-state index in [9.17, 15) is 14.4 Å². The van der Waals surface area contributed by atoms with Gasteiger partial charge >= 0.3 is 5.97 Å². The minimum absolute atomic E-state index is 0.0701. The largest absolute Gasteiger partial charge is 0.462 e. The number of ether oxygens (including phenoxy) is 2. The summed E-state index contributed by atoms with van der Waals surface area (Å²) in [6.45, 7) is 1.23. The van der Waals surface area contributed by atoms with Crippen LogP contribution in [0.2, 0.25) is 0 Å². The summed E-state index contributed by atoms with van der Waals surface area (Å²) < 4.78 is 11.6. The zero-order valence-electron chi connectivity index (χ0n) is 12.8. The van der Waals surface area contributed by atoms with Gasteiger partial charge in [-0.15, -0.1) is 0 Å². The summed E-state index contributed by atoms with van der Waals surface area (Å²) >= 11 is 3.39. The number of carbonyl (C=O) groups excluding carboxylic acids is 3. The first kappa shape index (κ1) is 15.5. The molecule has 0 spiro atoms. The number of para-hydroxylation sites is 1. The third kappa shape index (κ3) is 2.01. The van der Waals surface area contributed by atoms with Gasteiger partial charge in [-0.25, -0.2) is 4.90 Å². The Bertz CT molecular complexity index is 791. The molecule has 3 heterocycles. The van der Waals surface area contributed by atoms with Crippen LogP contribution in [0.4, 0.5) is 5.69 Å². The molecule has 2 saturated heterocycles. The molecular formula is C17H14BrNO5. The SMILES string of the molecule is CC(=O)OC[C@@]12C=C[C@@H](O1)[C@@H]1C(=O)N(c3ccccc3Br)C(=O)[C@@H]12. The number of anilines is 1. The molecule has 0 N–H and O–H groups in total. The fraction of sp³-hybridized carbons (Fsp3) is 0.353. The van der Waals surface area contributed by atoms with E-state index in [4.69, 9.17) is 9.47 Å². The van der Waals surface area contributed by atoms with E-state index in [2.05, 4.69) is 15.9 Å². The maximum atomic E-state index is 13.0. The van der Waals surface area contributed by atoms with Gasteiger partial charge in [0.05, 0.1) is 23.6 Å². The second-order valence-corrected chi connectivity index (χ2v) is 7.00. The molecule has 0 unspecified atom stereocenters. The smallest absolute Gasteiger partial charge is 0.302 e. The van der Waals surface area contributed by atoms with E-state index >= 15 is 0 Å². The standard InChI is InChI=1S/C17H14BrNO5/c1-9(20)23-8-17-7-6-12(24-17)13-14(17)16(22)19(15(13)21)11-5-3-2-4-10(11)18/h2-7,12-14H,8H2,1H3/t12-,13+,14-,17-/m1/s1. The molecule has 6 nitrogen and oxygen atoms in total. The quantitative estimate of drug-likeness (QED) is 0.446. The normalized spacial score (nSPS) is 33.2. The van der Waals surface area contributed by atoms with Gasteiger partial charge in [-0.1, -0.05) is 18.2 Å². The van der Waals surface area contributed by atoms with Crippen LogP contribution >= 0.6 is 15.9 Å². The molecule has 0 radical (unpaired) electrons. The van der Waals surface area contributed by atoms with Crippen LogP contribution in [0.3, 0.4) is 0 Å². The van der Waals surface area contributed by atoms with Crippen molar-refractivity contribution in [2.24, 2.45) is 11.8 Å². The van der Waals surface area contributed by atoms with Crippen LogP contribution in [0, 0.1) is 11.8 Å². The Morgan fingerprint density at radius 2 is 2.08 bits per heavy atom. The lowest BCUT2D eigenvalue weighted by Crippen LogP contribution is -2.44. The number of esters is 1. The summed E-state index contributed by atoms with van der Waals surface area (Å²) in [5.74, 6) is -2.31. The summed E-state index contributed by atoms with van der Waals surface area (Å²) in [6.07, 6.45) is 3.06. The lowest BCUT2D eigenvalue weighted by Gasteiger charge is -2.28. The first-order valence-corrected chi connectivity index (χ1v) is 8.37. The highest BCUT2D eigenvalue weighted by molar-refractivity contribution is 9.10. The molecule has 0 aliphatic carbocycles. The third-order valence-corrected chi connectivity index (χ3v) is 5.42. The van der Waals surface area contributed by atoms with Gasteiger partial charge in [-0.3, -0.25) is 14.4 Å². The van der Waals surface area contributed by atoms with Crippen LogP contribution in [-0.2, 0) is 23.9 Å². The molecule has 2 amide bonds. The van der Waals surface area contributed by atoms with E-state index < -0.39 is 29.5 Å². The van der Waals surface area contributed by atoms with E-state index in [0.717, 1.165) is 0 Å². The van der Waals surface area contributed by atoms with Crippen molar-refractivity contribution in [2.45, 2.75) is 18.6 Å². The fourth-order valence-corrected chi connectivity index (χ4v) is 4.21. The van der Waals surface area contributed by atoms with Crippen LogP contribution < -0.4 is 4.90 Å². The minimum atomic E-state index is -1.05. The highest BCUT2D eigenvalue weighted by Gasteiger charge is 2.68. The predicted molar refractivity (Wildman–Crippen MR) is 87.0 cm³/mol. The molecule has 0 saturated carbocycles. The molecule has 7 heteroatoms. The van der Waals surface area contributed by atoms with Crippen LogP contribution in [0.5, 0.6) is 0 Å². The van der Waals surface area contributed by atoms with Crippen molar-refractivity contribution < 1.29 is 23.9 Å². The number of halogens is 1. The van der Waals surface area contributed by atoms with Crippen molar-refractivity contribution in [1.82, 2.24) is 0 Å². The number of fused-ring (bicyclic) bond motifs is 5. The summed E-state index contributed by atoms with van der Waals surface area (Å²) in [6, 6.07) is 7.08. The van der Waals surface area contributed by atoms with E-state index in [1.165, 1.54) is 11.8 Å². The average Bonchev–Trinajstić information content (AvgIpc) is 3.18. The van der Waals surface area contributed by atoms with E-state index in [1.54, 1.807) is 30.4 Å². The summed E-state index contributed by atoms with van der Waals surface area (Å²) in [4.78, 5) is 38.3. The minimum Gasteiger partial charge on any atom is -0.462 e. The third-order valence-electron chi connectivity index (χ3n) is 4.75. The van der Waals surface area contributed by atoms with Crippen molar-refractivity contribution in [3.63, 3.8) is 0 Å². The molecule has 0 aromatic heterocycles. The zero-order chi connectivity index (χ0) is 17.1. The zero-order valence-corrected chi connectivity index (χ0v) is 14.4. The number of hydrogen-bond donors (Lipinski definition) is 0. The summed E-state index contributed by atoms with van der Waals surface area (Å²) in [5.41, 5.74) is -0.534. The maximum absolute atomic E-state index is 13.0. The number of carbonyl (C=O) groups is 3. The van der Waals surface area contributed by atoms with Gasteiger partial charge in [0.15, 0.2) is 0 Å². The molecule has 3 aliphatic heterocycles. The van der Waals surface area contributed by atoms with Crippen molar-refractivity contribution in [1.29, 1.82) is 0 Å². The second kappa shape index (κ2) is 5.26. The Morgan fingerprint density at radius 3 is 2.79 bits per heavy atom. The Labute approximate surface area is 146 Å². The van der Waals surface area contributed by atoms with Gasteiger partial charge in [-0.2, -0.15) is 0 Å². The second-order valence-electron chi connectivity index (χ2n) is 6.14. The van der Waals surface area contributed by atoms with Crippen LogP contribution in [0.15, 0.2) is 40.9 Å². The number of benzene rings is 1. The van der Waals surface area contributed by atoms with Crippen molar-refractivity contribution in [2.75, 3.05) is 11.5 Å². The summed E-state index contributed by atoms with van der Waals surface area (Å²) in [7, 11) is 0. The lowest BCUT2D eigenvalue weighted by atomic mass is 9.77. The number of amides is 2. The predicted octanol–water partition coefficient (Wildman–Crippen LogP) is 1.83. The van der Waals surface area contributed by atoms with Crippen LogP contribution in [0.1, 0.15) is 6.92 Å². The summed E-state index contributed by atoms with van der Waals surface area (Å²) in [5, 5.41) is 0. The van der Waals surface area contributed by atoms with Gasteiger partial charge in [0.25, 0.3) is 0 Å². The fourth-order valence-electron chi connectivity index (χ4n) is 3.75. The molecule has 4 atom stereocenters. The number of imide groups is 1. The first-order valence-electron chi connectivity index (χ1n) is 7.57. The van der Waals surface area contributed by atoms with Gasteiger partial charge in [-0.05, 0) is 34.1 Å². The molecule has 24 heavy (non-hydrogen) atoms.